The quantitative estimate of drug-likeness (QED) is 0.101. The molecule has 0 bridgehead atoms. The lowest BCUT2D eigenvalue weighted by Gasteiger charge is -2.23. The number of hydrogen-bond acceptors (Lipinski definition) is 9. The number of aromatic amines is 1. The minimum atomic E-state index is -1.32. The van der Waals surface area contributed by atoms with Gasteiger partial charge in [-0.2, -0.15) is 0 Å². The van der Waals surface area contributed by atoms with Crippen LogP contribution in [-0.4, -0.2) is 108 Å². The first-order chi connectivity index (χ1) is 26.8. The summed E-state index contributed by atoms with van der Waals surface area (Å²) in [5, 5.41) is 20.7. The lowest BCUT2D eigenvalue weighted by molar-refractivity contribution is -0.133. The maximum atomic E-state index is 13.6. The largest absolute Gasteiger partial charge is 0.368 e. The third-order valence-electron chi connectivity index (χ3n) is 8.76. The van der Waals surface area contributed by atoms with Crippen LogP contribution in [0.25, 0.3) is 10.9 Å². The molecule has 298 valence electrons. The molecule has 11 N–H and O–H groups in total. The van der Waals surface area contributed by atoms with Crippen LogP contribution in [-0.2, 0) is 56.0 Å². The van der Waals surface area contributed by atoms with Crippen molar-refractivity contribution in [2.45, 2.75) is 63.2 Å². The Hall–Kier alpha value is -6.79. The molecule has 1 aliphatic rings. The van der Waals surface area contributed by atoms with E-state index in [1.165, 1.54) is 6.92 Å². The zero-order chi connectivity index (χ0) is 40.6. The standard InChI is InChI=1S/C37H46N10O9/c1-21(48)40-18-31(50)44-26-11-12-30(49)39-14-13-27(37(56)47-28(34(38)53)16-23-17-41-25-10-6-5-9-24(23)25)45-32(51)19-43-36(55)29(15-22-7-3-2-4-8-22)46-33(52)20-42-35(26)54/h2-10,17,26-29,41H,11-16,18-20H2,1H3,(H2,38,53)(H,39,49)(H,40,48)(H,42,54)(H,43,55)(H,44,50)(H,45,51)(H,46,52)(H,47,56)/t26?,27?,28-,29?/m0/s1. The molecule has 0 saturated carbocycles. The number of fused-ring (bicyclic) bond motifs is 1. The smallest absolute Gasteiger partial charge is 0.243 e. The van der Waals surface area contributed by atoms with E-state index in [0.29, 0.717) is 11.1 Å². The fourth-order valence-electron chi connectivity index (χ4n) is 5.85. The predicted octanol–water partition coefficient (Wildman–Crippen LogP) is -2.95. The number of primary amides is 1. The molecule has 19 nitrogen and oxygen atoms in total. The minimum absolute atomic E-state index is 0.0134. The number of carbonyl (C=O) groups excluding carboxylic acids is 9. The van der Waals surface area contributed by atoms with Crippen molar-refractivity contribution in [3.63, 3.8) is 0 Å². The highest BCUT2D eigenvalue weighted by molar-refractivity contribution is 5.96. The highest BCUT2D eigenvalue weighted by Crippen LogP contribution is 2.19. The van der Waals surface area contributed by atoms with E-state index in [1.807, 2.05) is 24.3 Å². The zero-order valence-electron chi connectivity index (χ0n) is 30.7. The molecule has 1 fully saturated rings. The Kier molecular flexibility index (Phi) is 15.4. The monoisotopic (exact) mass is 774 g/mol. The maximum absolute atomic E-state index is 13.6. The topological polar surface area (TPSA) is 292 Å². The van der Waals surface area contributed by atoms with Gasteiger partial charge in [-0.3, -0.25) is 43.2 Å². The summed E-state index contributed by atoms with van der Waals surface area (Å²) in [6, 6.07) is 11.0. The molecule has 0 radical (unpaired) electrons. The van der Waals surface area contributed by atoms with Crippen molar-refractivity contribution in [3.8, 4) is 0 Å². The number of rotatable bonds is 10. The van der Waals surface area contributed by atoms with E-state index < -0.39 is 97.0 Å². The molecular weight excluding hydrogens is 728 g/mol. The average Bonchev–Trinajstić information content (AvgIpc) is 3.58. The lowest BCUT2D eigenvalue weighted by Crippen LogP contribution is -2.56. The number of nitrogens with one attached hydrogen (secondary N) is 9. The van der Waals surface area contributed by atoms with Gasteiger partial charge in [0.05, 0.1) is 19.6 Å². The van der Waals surface area contributed by atoms with Crippen LogP contribution < -0.4 is 48.3 Å². The van der Waals surface area contributed by atoms with Crippen molar-refractivity contribution in [3.05, 3.63) is 71.9 Å². The van der Waals surface area contributed by atoms with Crippen molar-refractivity contribution in [2.75, 3.05) is 26.2 Å². The van der Waals surface area contributed by atoms with Crippen LogP contribution in [0.1, 0.15) is 37.3 Å². The Bertz CT molecular complexity index is 1930. The van der Waals surface area contributed by atoms with Gasteiger partial charge in [0.2, 0.25) is 53.2 Å². The molecule has 0 spiro atoms. The number of carbonyl (C=O) groups is 9. The molecule has 3 unspecified atom stereocenters. The molecule has 3 aromatic rings. The van der Waals surface area contributed by atoms with Gasteiger partial charge >= 0.3 is 0 Å². The van der Waals surface area contributed by atoms with Crippen LogP contribution in [0.2, 0.25) is 0 Å². The molecule has 1 aliphatic heterocycles. The summed E-state index contributed by atoms with van der Waals surface area (Å²) < 4.78 is 0. The minimum Gasteiger partial charge on any atom is -0.368 e. The van der Waals surface area contributed by atoms with Crippen LogP contribution in [0.5, 0.6) is 0 Å². The Labute approximate surface area is 321 Å². The normalized spacial score (nSPS) is 19.6. The second kappa shape index (κ2) is 20.6. The molecule has 4 rings (SSSR count). The van der Waals surface area contributed by atoms with E-state index in [4.69, 9.17) is 5.73 Å². The fraction of sp³-hybridized carbons (Fsp3) is 0.378. The summed E-state index contributed by atoms with van der Waals surface area (Å²) in [6.45, 7) is -0.618. The SMILES string of the molecule is CC(=O)NCC(=O)NC1CCC(=O)NCCC(C(=O)N[C@@H](Cc2c[nH]c3ccccc23)C(N)=O)NC(=O)CNC(=O)C(Cc2ccccc2)NC(=O)CNC1=O. The van der Waals surface area contributed by atoms with Gasteiger partial charge < -0.3 is 53.3 Å². The van der Waals surface area contributed by atoms with Crippen LogP contribution >= 0.6 is 0 Å². The molecule has 9 amide bonds. The average molecular weight is 775 g/mol. The second-order valence-electron chi connectivity index (χ2n) is 13.1. The first-order valence-electron chi connectivity index (χ1n) is 17.9. The van der Waals surface area contributed by atoms with Gasteiger partial charge in [0.15, 0.2) is 0 Å². The molecular formula is C37H46N10O9. The third kappa shape index (κ3) is 13.3. The summed E-state index contributed by atoms with van der Waals surface area (Å²) in [5.41, 5.74) is 7.86. The van der Waals surface area contributed by atoms with Crippen LogP contribution in [0.4, 0.5) is 0 Å². The first-order valence-corrected chi connectivity index (χ1v) is 17.9. The molecule has 2 aromatic carbocycles. The van der Waals surface area contributed by atoms with Gasteiger partial charge in [0, 0.05) is 49.8 Å². The van der Waals surface area contributed by atoms with Crippen molar-refractivity contribution >= 4 is 64.1 Å². The van der Waals surface area contributed by atoms with Gasteiger partial charge in [0.25, 0.3) is 0 Å². The number of benzene rings is 2. The Morgan fingerprint density at radius 3 is 2.21 bits per heavy atom. The Morgan fingerprint density at radius 2 is 1.50 bits per heavy atom. The number of H-pyrrole nitrogens is 1. The lowest BCUT2D eigenvalue weighted by atomic mass is 10.0. The van der Waals surface area contributed by atoms with Crippen molar-refractivity contribution in [1.82, 2.24) is 47.5 Å². The van der Waals surface area contributed by atoms with Gasteiger partial charge in [-0.1, -0.05) is 48.5 Å². The number of nitrogens with two attached hydrogens (primary N) is 1. The molecule has 2 heterocycles. The summed E-state index contributed by atoms with van der Waals surface area (Å²) >= 11 is 0. The summed E-state index contributed by atoms with van der Waals surface area (Å²) in [4.78, 5) is 119. The van der Waals surface area contributed by atoms with E-state index >= 15 is 0 Å². The summed E-state index contributed by atoms with van der Waals surface area (Å²) in [6.07, 6.45) is 1.06. The summed E-state index contributed by atoms with van der Waals surface area (Å²) in [5.74, 6) is -6.53. The molecule has 1 aromatic heterocycles. The van der Waals surface area contributed by atoms with Crippen LogP contribution in [0.15, 0.2) is 60.8 Å². The molecule has 19 heteroatoms. The Morgan fingerprint density at radius 1 is 0.821 bits per heavy atom. The molecule has 4 atom stereocenters. The van der Waals surface area contributed by atoms with Gasteiger partial charge in [0.1, 0.15) is 24.2 Å². The fourth-order valence-corrected chi connectivity index (χ4v) is 5.85. The molecule has 1 saturated heterocycles. The highest BCUT2D eigenvalue weighted by atomic mass is 16.2. The van der Waals surface area contributed by atoms with Crippen molar-refractivity contribution in [1.29, 1.82) is 0 Å². The molecule has 56 heavy (non-hydrogen) atoms. The van der Waals surface area contributed by atoms with E-state index in [2.05, 4.69) is 47.5 Å². The Balaban J connectivity index is 1.53. The number of amides is 9. The predicted molar refractivity (Wildman–Crippen MR) is 201 cm³/mol. The number of hydrogen-bond donors (Lipinski definition) is 10. The maximum Gasteiger partial charge on any atom is 0.243 e. The van der Waals surface area contributed by atoms with E-state index in [-0.39, 0.29) is 38.6 Å². The number of para-hydroxylation sites is 1. The van der Waals surface area contributed by atoms with E-state index in [0.717, 1.165) is 10.9 Å². The first kappa shape index (κ1) is 42.0. The second-order valence-corrected chi connectivity index (χ2v) is 13.1. The summed E-state index contributed by atoms with van der Waals surface area (Å²) in [7, 11) is 0. The van der Waals surface area contributed by atoms with Gasteiger partial charge in [-0.05, 0) is 30.0 Å². The third-order valence-corrected chi connectivity index (χ3v) is 8.76. The van der Waals surface area contributed by atoms with Crippen molar-refractivity contribution in [2.24, 2.45) is 5.73 Å². The van der Waals surface area contributed by atoms with E-state index in [9.17, 15) is 43.2 Å². The zero-order valence-corrected chi connectivity index (χ0v) is 30.7. The van der Waals surface area contributed by atoms with Crippen LogP contribution in [0.3, 0.4) is 0 Å². The van der Waals surface area contributed by atoms with Crippen molar-refractivity contribution < 1.29 is 43.2 Å². The van der Waals surface area contributed by atoms with Gasteiger partial charge in [-0.25, -0.2) is 0 Å². The van der Waals surface area contributed by atoms with Crippen LogP contribution in [0, 0.1) is 0 Å². The van der Waals surface area contributed by atoms with E-state index in [1.54, 1.807) is 36.5 Å². The molecule has 0 aliphatic carbocycles. The number of aromatic nitrogens is 1. The van der Waals surface area contributed by atoms with Gasteiger partial charge in [-0.15, -0.1) is 0 Å². The highest BCUT2D eigenvalue weighted by Gasteiger charge is 2.29.